The molecule has 0 saturated carbocycles. The third kappa shape index (κ3) is 2.61. The molecule has 0 amide bonds. The fourth-order valence-corrected chi connectivity index (χ4v) is 3.04. The fraction of sp³-hybridized carbons (Fsp3) is 0.167. The monoisotopic (exact) mass is 311 g/mol. The van der Waals surface area contributed by atoms with E-state index in [2.05, 4.69) is 9.88 Å². The van der Waals surface area contributed by atoms with E-state index in [1.807, 2.05) is 6.07 Å². The van der Waals surface area contributed by atoms with E-state index in [0.717, 1.165) is 0 Å². The predicted molar refractivity (Wildman–Crippen MR) is 73.0 cm³/mol. The molecule has 2 aromatic rings. The highest BCUT2D eigenvalue weighted by Gasteiger charge is 2.22. The van der Waals surface area contributed by atoms with Gasteiger partial charge < -0.3 is 4.52 Å². The summed E-state index contributed by atoms with van der Waals surface area (Å²) in [7, 11) is -3.95. The summed E-state index contributed by atoms with van der Waals surface area (Å²) in [5.74, 6) is 0.0286. The number of hydrogen-bond donors (Lipinski definition) is 1. The van der Waals surface area contributed by atoms with Crippen LogP contribution in [0.15, 0.2) is 27.6 Å². The maximum absolute atomic E-state index is 12.3. The van der Waals surface area contributed by atoms with Gasteiger partial charge in [-0.05, 0) is 32.0 Å². The molecular weight excluding hydrogens is 302 g/mol. The molecule has 104 valence electrons. The second-order valence-corrected chi connectivity index (χ2v) is 6.14. The van der Waals surface area contributed by atoms with Crippen LogP contribution >= 0.6 is 11.6 Å². The van der Waals surface area contributed by atoms with E-state index in [4.69, 9.17) is 21.4 Å². The van der Waals surface area contributed by atoms with Crippen molar-refractivity contribution in [2.24, 2.45) is 0 Å². The summed E-state index contributed by atoms with van der Waals surface area (Å²) in [4.78, 5) is -0.188. The molecule has 2 rings (SSSR count). The van der Waals surface area contributed by atoms with Crippen molar-refractivity contribution in [3.05, 3.63) is 40.0 Å². The first-order valence-corrected chi connectivity index (χ1v) is 7.36. The molecule has 0 atom stereocenters. The Kier molecular flexibility index (Phi) is 3.70. The topological polar surface area (TPSA) is 96.0 Å². The molecule has 8 heteroatoms. The number of anilines is 1. The van der Waals surface area contributed by atoms with E-state index in [1.54, 1.807) is 13.8 Å². The molecule has 0 fully saturated rings. The van der Waals surface area contributed by atoms with E-state index in [-0.39, 0.29) is 21.4 Å². The van der Waals surface area contributed by atoms with E-state index in [1.165, 1.54) is 18.2 Å². The van der Waals surface area contributed by atoms with Crippen molar-refractivity contribution in [1.82, 2.24) is 5.16 Å². The van der Waals surface area contributed by atoms with Gasteiger partial charge in [-0.25, -0.2) is 13.1 Å². The van der Waals surface area contributed by atoms with Crippen molar-refractivity contribution in [2.45, 2.75) is 18.7 Å². The number of aromatic nitrogens is 1. The van der Waals surface area contributed by atoms with Crippen LogP contribution in [0.3, 0.4) is 0 Å². The molecule has 1 aromatic carbocycles. The first kappa shape index (κ1) is 14.4. The third-order valence-corrected chi connectivity index (χ3v) is 4.55. The van der Waals surface area contributed by atoms with Gasteiger partial charge in [0.25, 0.3) is 10.0 Å². The molecule has 0 aliphatic rings. The number of sulfonamides is 1. The maximum Gasteiger partial charge on any atom is 0.265 e. The van der Waals surface area contributed by atoms with Gasteiger partial charge >= 0.3 is 0 Å². The minimum atomic E-state index is -3.95. The van der Waals surface area contributed by atoms with Crippen molar-refractivity contribution in [3.8, 4) is 6.07 Å². The summed E-state index contributed by atoms with van der Waals surface area (Å²) >= 11 is 5.87. The lowest BCUT2D eigenvalue weighted by molar-refractivity contribution is 0.430. The van der Waals surface area contributed by atoms with Gasteiger partial charge in [-0.15, -0.1) is 0 Å². The van der Waals surface area contributed by atoms with Crippen LogP contribution in [-0.4, -0.2) is 13.6 Å². The molecular formula is C12H10ClN3O3S. The molecule has 0 saturated heterocycles. The molecule has 0 spiro atoms. The second-order valence-electron chi connectivity index (χ2n) is 4.08. The third-order valence-electron chi connectivity index (χ3n) is 2.73. The number of aryl methyl sites for hydroxylation is 1. The van der Waals surface area contributed by atoms with Gasteiger partial charge in [-0.3, -0.25) is 0 Å². The zero-order valence-corrected chi connectivity index (χ0v) is 12.2. The van der Waals surface area contributed by atoms with Gasteiger partial charge in [0.05, 0.1) is 22.3 Å². The van der Waals surface area contributed by atoms with Crippen LogP contribution in [0.2, 0.25) is 5.02 Å². The number of halogens is 1. The Bertz CT molecular complexity index is 806. The van der Waals surface area contributed by atoms with Gasteiger partial charge in [0.2, 0.25) is 5.88 Å². The van der Waals surface area contributed by atoms with Crippen LogP contribution in [0, 0.1) is 25.2 Å². The van der Waals surface area contributed by atoms with Crippen LogP contribution in [0.1, 0.15) is 16.8 Å². The number of rotatable bonds is 3. The zero-order valence-electron chi connectivity index (χ0n) is 10.6. The second kappa shape index (κ2) is 5.15. The summed E-state index contributed by atoms with van der Waals surface area (Å²) in [6.45, 7) is 3.37. The molecule has 1 aromatic heterocycles. The Morgan fingerprint density at radius 2 is 2.10 bits per heavy atom. The average molecular weight is 312 g/mol. The van der Waals surface area contributed by atoms with Crippen molar-refractivity contribution in [3.63, 3.8) is 0 Å². The van der Waals surface area contributed by atoms with Gasteiger partial charge in [0, 0.05) is 5.56 Å². The predicted octanol–water partition coefficient (Wildman–Crippen LogP) is 2.62. The number of nitrogens with one attached hydrogen (secondary N) is 1. The Labute approximate surface area is 121 Å². The number of hydrogen-bond acceptors (Lipinski definition) is 5. The number of nitrogens with zero attached hydrogens (tertiary/aromatic N) is 2. The molecule has 1 N–H and O–H groups in total. The normalized spacial score (nSPS) is 11.1. The van der Waals surface area contributed by atoms with Crippen molar-refractivity contribution < 1.29 is 12.9 Å². The van der Waals surface area contributed by atoms with E-state index >= 15 is 0 Å². The minimum Gasteiger partial charge on any atom is -0.337 e. The standard InChI is InChI=1S/C12H10ClN3O3S/c1-7-8(2)15-19-12(7)16-20(17,18)11-5-9(6-14)3-4-10(11)13/h3-5,16H,1-2H3. The smallest absolute Gasteiger partial charge is 0.265 e. The molecule has 0 aliphatic carbocycles. The molecule has 0 aliphatic heterocycles. The minimum absolute atomic E-state index is 0.0189. The van der Waals surface area contributed by atoms with Gasteiger partial charge in [-0.2, -0.15) is 5.26 Å². The lowest BCUT2D eigenvalue weighted by Crippen LogP contribution is -2.14. The van der Waals surface area contributed by atoms with Crippen molar-refractivity contribution in [1.29, 1.82) is 5.26 Å². The quantitative estimate of drug-likeness (QED) is 0.940. The molecule has 6 nitrogen and oxygen atoms in total. The Morgan fingerprint density at radius 1 is 1.40 bits per heavy atom. The van der Waals surface area contributed by atoms with Crippen LogP contribution < -0.4 is 4.72 Å². The zero-order chi connectivity index (χ0) is 14.9. The van der Waals surface area contributed by atoms with E-state index in [9.17, 15) is 8.42 Å². The molecule has 1 heterocycles. The Hall–Kier alpha value is -2.04. The SMILES string of the molecule is Cc1noc(NS(=O)(=O)c2cc(C#N)ccc2Cl)c1C. The van der Waals surface area contributed by atoms with Crippen LogP contribution in [0.25, 0.3) is 0 Å². The van der Waals surface area contributed by atoms with Gasteiger partial charge in [0.1, 0.15) is 4.90 Å². The van der Waals surface area contributed by atoms with E-state index < -0.39 is 10.0 Å². The van der Waals surface area contributed by atoms with Crippen molar-refractivity contribution in [2.75, 3.05) is 4.72 Å². The lowest BCUT2D eigenvalue weighted by atomic mass is 10.2. The summed E-state index contributed by atoms with van der Waals surface area (Å²) < 4.78 is 31.7. The summed E-state index contributed by atoms with van der Waals surface area (Å²) in [6, 6.07) is 5.85. The first-order valence-electron chi connectivity index (χ1n) is 5.50. The van der Waals surface area contributed by atoms with Gasteiger partial charge in [-0.1, -0.05) is 16.8 Å². The largest absolute Gasteiger partial charge is 0.337 e. The number of nitriles is 1. The summed E-state index contributed by atoms with van der Waals surface area (Å²) in [5, 5.41) is 12.5. The van der Waals surface area contributed by atoms with E-state index in [0.29, 0.717) is 11.3 Å². The molecule has 0 unspecified atom stereocenters. The highest BCUT2D eigenvalue weighted by Crippen LogP contribution is 2.26. The van der Waals surface area contributed by atoms with Crippen molar-refractivity contribution >= 4 is 27.5 Å². The molecule has 20 heavy (non-hydrogen) atoms. The average Bonchev–Trinajstić information content (AvgIpc) is 2.70. The number of benzene rings is 1. The maximum atomic E-state index is 12.3. The highest BCUT2D eigenvalue weighted by atomic mass is 35.5. The first-order chi connectivity index (χ1) is 9.35. The summed E-state index contributed by atoms with van der Waals surface area (Å²) in [5.41, 5.74) is 1.36. The van der Waals surface area contributed by atoms with Gasteiger partial charge in [0.15, 0.2) is 0 Å². The Morgan fingerprint density at radius 3 is 2.65 bits per heavy atom. The lowest BCUT2D eigenvalue weighted by Gasteiger charge is -2.07. The Balaban J connectivity index is 2.46. The van der Waals surface area contributed by atoms with Crippen LogP contribution in [0.4, 0.5) is 5.88 Å². The molecule has 0 bridgehead atoms. The summed E-state index contributed by atoms with van der Waals surface area (Å²) in [6.07, 6.45) is 0. The fourth-order valence-electron chi connectivity index (χ4n) is 1.47. The van der Waals surface area contributed by atoms with Crippen LogP contribution in [-0.2, 0) is 10.0 Å². The van der Waals surface area contributed by atoms with Crippen LogP contribution in [0.5, 0.6) is 0 Å². The highest BCUT2D eigenvalue weighted by molar-refractivity contribution is 7.92. The molecule has 0 radical (unpaired) electrons.